The number of unbranched alkanes of at least 4 members (excludes halogenated alkanes) is 2. The van der Waals surface area contributed by atoms with Crippen LogP contribution >= 0.6 is 0 Å². The molecule has 0 heterocycles. The fourth-order valence-corrected chi connectivity index (χ4v) is 1.85. The van der Waals surface area contributed by atoms with Gasteiger partial charge in [-0.1, -0.05) is 31.0 Å². The first-order chi connectivity index (χ1) is 9.69. The summed E-state index contributed by atoms with van der Waals surface area (Å²) in [5, 5.41) is 27.8. The Morgan fingerprint density at radius 2 is 1.80 bits per heavy atom. The largest absolute Gasteiger partial charge is 0.454 e. The zero-order valence-electron chi connectivity index (χ0n) is 11.4. The highest BCUT2D eigenvalue weighted by Crippen LogP contribution is 2.12. The molecule has 0 aliphatic rings. The Kier molecular flexibility index (Phi) is 7.87. The van der Waals surface area contributed by atoms with E-state index in [1.807, 2.05) is 0 Å². The first kappa shape index (κ1) is 16.6. The average Bonchev–Trinajstić information content (AvgIpc) is 2.49. The molecule has 0 fully saturated rings. The van der Waals surface area contributed by atoms with Crippen molar-refractivity contribution in [2.45, 2.75) is 37.9 Å². The van der Waals surface area contributed by atoms with Gasteiger partial charge >= 0.3 is 5.97 Å². The van der Waals surface area contributed by atoms with Crippen LogP contribution in [0.4, 0.5) is 0 Å². The Morgan fingerprint density at radius 1 is 1.10 bits per heavy atom. The summed E-state index contributed by atoms with van der Waals surface area (Å²) in [4.78, 5) is 11.8. The average molecular weight is 282 g/mol. The molecule has 0 saturated carbocycles. The van der Waals surface area contributed by atoms with Crippen LogP contribution in [0.1, 0.15) is 36.0 Å². The van der Waals surface area contributed by atoms with Crippen LogP contribution in [0.25, 0.3) is 0 Å². The van der Waals surface area contributed by atoms with Gasteiger partial charge in [0.2, 0.25) is 0 Å². The summed E-state index contributed by atoms with van der Waals surface area (Å²) in [7, 11) is 0. The van der Waals surface area contributed by atoms with Gasteiger partial charge in [-0.15, -0.1) is 0 Å². The van der Waals surface area contributed by atoms with Gasteiger partial charge in [0.25, 0.3) is 0 Å². The summed E-state index contributed by atoms with van der Waals surface area (Å²) >= 11 is 0. The molecule has 0 aromatic heterocycles. The number of rotatable bonds is 9. The first-order valence-corrected chi connectivity index (χ1v) is 6.85. The van der Waals surface area contributed by atoms with E-state index in [4.69, 9.17) is 9.84 Å². The number of benzene rings is 1. The lowest BCUT2D eigenvalue weighted by Gasteiger charge is -2.21. The van der Waals surface area contributed by atoms with Crippen LogP contribution in [0, 0.1) is 0 Å². The standard InChI is InChI=1S/C15H22O5/c16-10-6-2-5-9-13(18)14(11-17)20-15(19)12-7-3-1-4-8-12/h1,3-4,7-8,13-14,16-18H,2,5-6,9-11H2. The third kappa shape index (κ3) is 5.69. The van der Waals surface area contributed by atoms with Gasteiger partial charge in [0.05, 0.1) is 18.3 Å². The van der Waals surface area contributed by atoms with Crippen molar-refractivity contribution >= 4 is 5.97 Å². The van der Waals surface area contributed by atoms with Gasteiger partial charge in [0, 0.05) is 6.61 Å². The first-order valence-electron chi connectivity index (χ1n) is 6.85. The molecule has 1 aromatic carbocycles. The molecule has 0 radical (unpaired) electrons. The number of aliphatic hydroxyl groups excluding tert-OH is 3. The second kappa shape index (κ2) is 9.47. The minimum absolute atomic E-state index is 0.127. The van der Waals surface area contributed by atoms with Crippen LogP contribution in [0.5, 0.6) is 0 Å². The van der Waals surface area contributed by atoms with Gasteiger partial charge in [0.1, 0.15) is 0 Å². The van der Waals surface area contributed by atoms with E-state index < -0.39 is 24.8 Å². The van der Waals surface area contributed by atoms with E-state index in [-0.39, 0.29) is 6.61 Å². The summed E-state index contributed by atoms with van der Waals surface area (Å²) < 4.78 is 5.12. The van der Waals surface area contributed by atoms with E-state index in [1.54, 1.807) is 30.3 Å². The van der Waals surface area contributed by atoms with Crippen LogP contribution in [0.2, 0.25) is 0 Å². The predicted molar refractivity (Wildman–Crippen MR) is 74.3 cm³/mol. The van der Waals surface area contributed by atoms with E-state index in [0.717, 1.165) is 6.42 Å². The lowest BCUT2D eigenvalue weighted by atomic mass is 10.1. The molecule has 2 unspecified atom stereocenters. The van der Waals surface area contributed by atoms with Crippen molar-refractivity contribution in [3.05, 3.63) is 35.9 Å². The van der Waals surface area contributed by atoms with E-state index in [9.17, 15) is 15.0 Å². The maximum atomic E-state index is 11.8. The summed E-state index contributed by atoms with van der Waals surface area (Å²) in [5.41, 5.74) is 0.387. The summed E-state index contributed by atoms with van der Waals surface area (Å²) in [6.45, 7) is -0.289. The van der Waals surface area contributed by atoms with Gasteiger partial charge in [0.15, 0.2) is 6.10 Å². The highest BCUT2D eigenvalue weighted by molar-refractivity contribution is 5.89. The molecule has 5 heteroatoms. The van der Waals surface area contributed by atoms with Crippen molar-refractivity contribution in [3.63, 3.8) is 0 Å². The molecule has 0 spiro atoms. The molecule has 1 aromatic rings. The molecule has 0 bridgehead atoms. The zero-order chi connectivity index (χ0) is 14.8. The molecule has 112 valence electrons. The number of aliphatic hydroxyl groups is 3. The van der Waals surface area contributed by atoms with Crippen LogP contribution in [0.3, 0.4) is 0 Å². The Morgan fingerprint density at radius 3 is 2.40 bits per heavy atom. The number of carbonyl (C=O) groups excluding carboxylic acids is 1. The third-order valence-electron chi connectivity index (χ3n) is 3.04. The lowest BCUT2D eigenvalue weighted by Crippen LogP contribution is -2.34. The number of hydrogen-bond donors (Lipinski definition) is 3. The Bertz CT molecular complexity index is 379. The molecule has 3 N–H and O–H groups in total. The van der Waals surface area contributed by atoms with Crippen molar-refractivity contribution in [2.75, 3.05) is 13.2 Å². The summed E-state index contributed by atoms with van der Waals surface area (Å²) in [6, 6.07) is 8.46. The Hall–Kier alpha value is -1.43. The number of esters is 1. The van der Waals surface area contributed by atoms with Crippen molar-refractivity contribution in [1.29, 1.82) is 0 Å². The number of hydrogen-bond acceptors (Lipinski definition) is 5. The SMILES string of the molecule is O=C(OC(CO)C(O)CCCCCO)c1ccccc1. The highest BCUT2D eigenvalue weighted by Gasteiger charge is 2.22. The smallest absolute Gasteiger partial charge is 0.338 e. The minimum atomic E-state index is -0.920. The van der Waals surface area contributed by atoms with Crippen molar-refractivity contribution in [3.8, 4) is 0 Å². The van der Waals surface area contributed by atoms with Gasteiger partial charge < -0.3 is 20.1 Å². The molecular weight excluding hydrogens is 260 g/mol. The lowest BCUT2D eigenvalue weighted by molar-refractivity contribution is -0.0430. The van der Waals surface area contributed by atoms with E-state index >= 15 is 0 Å². The maximum absolute atomic E-state index is 11.8. The van der Waals surface area contributed by atoms with Gasteiger partial charge in [-0.05, 0) is 25.0 Å². The highest BCUT2D eigenvalue weighted by atomic mass is 16.6. The topological polar surface area (TPSA) is 87.0 Å². The van der Waals surface area contributed by atoms with E-state index in [1.165, 1.54) is 0 Å². The fourth-order valence-electron chi connectivity index (χ4n) is 1.85. The second-order valence-corrected chi connectivity index (χ2v) is 4.63. The Labute approximate surface area is 118 Å². The molecule has 0 saturated heterocycles. The zero-order valence-corrected chi connectivity index (χ0v) is 11.4. The third-order valence-corrected chi connectivity index (χ3v) is 3.04. The van der Waals surface area contributed by atoms with Gasteiger partial charge in [-0.2, -0.15) is 0 Å². The summed E-state index contributed by atoms with van der Waals surface area (Å²) in [5.74, 6) is -0.556. The number of ether oxygens (including phenoxy) is 1. The van der Waals surface area contributed by atoms with Crippen LogP contribution in [-0.2, 0) is 4.74 Å². The molecular formula is C15H22O5. The molecule has 0 aliphatic heterocycles. The molecule has 0 aliphatic carbocycles. The Balaban J connectivity index is 2.43. The van der Waals surface area contributed by atoms with Crippen LogP contribution < -0.4 is 0 Å². The van der Waals surface area contributed by atoms with Gasteiger partial charge in [-0.25, -0.2) is 4.79 Å². The molecule has 5 nitrogen and oxygen atoms in total. The molecule has 2 atom stereocenters. The predicted octanol–water partition coefficient (Wildman–Crippen LogP) is 1.12. The van der Waals surface area contributed by atoms with Crippen LogP contribution in [-0.4, -0.2) is 46.7 Å². The monoisotopic (exact) mass is 282 g/mol. The second-order valence-electron chi connectivity index (χ2n) is 4.63. The molecule has 20 heavy (non-hydrogen) atoms. The molecule has 1 rings (SSSR count). The van der Waals surface area contributed by atoms with Gasteiger partial charge in [-0.3, -0.25) is 0 Å². The molecule has 0 amide bonds. The summed E-state index contributed by atoms with van der Waals surface area (Å²) in [6.07, 6.45) is 0.788. The van der Waals surface area contributed by atoms with Crippen molar-refractivity contribution < 1.29 is 24.9 Å². The maximum Gasteiger partial charge on any atom is 0.338 e. The van der Waals surface area contributed by atoms with Crippen molar-refractivity contribution in [1.82, 2.24) is 0 Å². The van der Waals surface area contributed by atoms with E-state index in [0.29, 0.717) is 24.8 Å². The quantitative estimate of drug-likeness (QED) is 0.466. The normalized spacial score (nSPS) is 13.8. The minimum Gasteiger partial charge on any atom is -0.454 e. The van der Waals surface area contributed by atoms with E-state index in [2.05, 4.69) is 0 Å². The fraction of sp³-hybridized carbons (Fsp3) is 0.533. The number of carbonyl (C=O) groups is 1. The van der Waals surface area contributed by atoms with Crippen molar-refractivity contribution in [2.24, 2.45) is 0 Å². The van der Waals surface area contributed by atoms with Crippen LogP contribution in [0.15, 0.2) is 30.3 Å².